The minimum absolute atomic E-state index is 0.0410. The van der Waals surface area contributed by atoms with Gasteiger partial charge in [-0.05, 0) is 55.9 Å². The fraction of sp³-hybridized carbons (Fsp3) is 0.522. The third-order valence-corrected chi connectivity index (χ3v) is 5.56. The highest BCUT2D eigenvalue weighted by molar-refractivity contribution is 5.99. The number of aromatic hydroxyl groups is 1. The van der Waals surface area contributed by atoms with Crippen molar-refractivity contribution in [3.05, 3.63) is 28.8 Å². The second-order valence-electron chi connectivity index (χ2n) is 8.80. The van der Waals surface area contributed by atoms with Crippen molar-refractivity contribution in [2.45, 2.75) is 65.1 Å². The molecule has 1 aromatic carbocycles. The van der Waals surface area contributed by atoms with Crippen LogP contribution in [0.2, 0.25) is 0 Å². The van der Waals surface area contributed by atoms with Gasteiger partial charge in [-0.15, -0.1) is 0 Å². The number of benzene rings is 1. The maximum absolute atomic E-state index is 13.0. The number of likely N-dealkylation sites (tertiary alicyclic amines) is 1. The van der Waals surface area contributed by atoms with Crippen molar-refractivity contribution in [2.75, 3.05) is 6.54 Å². The average molecular weight is 462 g/mol. The molecule has 1 aromatic rings. The molecule has 0 aromatic heterocycles. The lowest BCUT2D eigenvalue weighted by Gasteiger charge is -2.29. The van der Waals surface area contributed by atoms with E-state index in [9.17, 15) is 29.1 Å². The maximum Gasteiger partial charge on any atom is 0.305 e. The number of carboxylic acids is 1. The summed E-state index contributed by atoms with van der Waals surface area (Å²) < 4.78 is 0. The molecule has 0 spiro atoms. The summed E-state index contributed by atoms with van der Waals surface area (Å²) in [4.78, 5) is 62.0. The van der Waals surface area contributed by atoms with E-state index in [2.05, 4.69) is 10.6 Å². The Balaban J connectivity index is 2.14. The van der Waals surface area contributed by atoms with Gasteiger partial charge in [-0.25, -0.2) is 0 Å². The number of carbonyl (C=O) groups excluding carboxylic acids is 4. The third-order valence-electron chi connectivity index (χ3n) is 5.56. The first kappa shape index (κ1) is 25.8. The topological polar surface area (TPSA) is 153 Å². The lowest BCUT2D eigenvalue weighted by atomic mass is 10.0. The molecular weight excluding hydrogens is 430 g/mol. The summed E-state index contributed by atoms with van der Waals surface area (Å²) in [5.41, 5.74) is 1.39. The van der Waals surface area contributed by atoms with E-state index in [1.54, 1.807) is 13.8 Å². The Bertz CT molecular complexity index is 921. The van der Waals surface area contributed by atoms with Crippen molar-refractivity contribution >= 4 is 30.0 Å². The summed E-state index contributed by atoms with van der Waals surface area (Å²) in [5, 5.41) is 23.9. The van der Waals surface area contributed by atoms with Gasteiger partial charge >= 0.3 is 5.97 Å². The standard InChI is InChI=1S/C23H31N3O7/c1-12(2)7-18(22(32)24-16(11-27)10-19(28)29)26-6-5-17(23(26)33)25-21(31)15-8-13(3)20(30)14(4)9-15/h8-9,11-12,16-18,30H,5-7,10H2,1-4H3,(H,24,32)(H,25,31)(H,28,29)/t16-,17+,18-/m0/s1. The number of rotatable bonds is 10. The van der Waals surface area contributed by atoms with Crippen LogP contribution in [0, 0.1) is 19.8 Å². The fourth-order valence-electron chi connectivity index (χ4n) is 3.90. The van der Waals surface area contributed by atoms with E-state index in [1.165, 1.54) is 17.0 Å². The largest absolute Gasteiger partial charge is 0.507 e. The highest BCUT2D eigenvalue weighted by Gasteiger charge is 2.40. The second kappa shape index (κ2) is 10.9. The Morgan fingerprint density at radius 3 is 2.33 bits per heavy atom. The molecule has 0 unspecified atom stereocenters. The van der Waals surface area contributed by atoms with Crippen molar-refractivity contribution in [2.24, 2.45) is 5.92 Å². The van der Waals surface area contributed by atoms with Crippen molar-refractivity contribution in [3.8, 4) is 5.75 Å². The summed E-state index contributed by atoms with van der Waals surface area (Å²) in [6.45, 7) is 7.34. The number of phenols is 1. The van der Waals surface area contributed by atoms with Crippen LogP contribution >= 0.6 is 0 Å². The molecule has 1 heterocycles. The fourth-order valence-corrected chi connectivity index (χ4v) is 3.90. The Kier molecular flexibility index (Phi) is 8.56. The molecule has 1 aliphatic rings. The number of amides is 3. The van der Waals surface area contributed by atoms with Crippen LogP contribution in [0.15, 0.2) is 12.1 Å². The zero-order valence-electron chi connectivity index (χ0n) is 19.3. The van der Waals surface area contributed by atoms with E-state index in [1.807, 2.05) is 13.8 Å². The molecule has 10 heteroatoms. The van der Waals surface area contributed by atoms with E-state index in [0.717, 1.165) is 0 Å². The van der Waals surface area contributed by atoms with Crippen LogP contribution < -0.4 is 10.6 Å². The van der Waals surface area contributed by atoms with Crippen LogP contribution in [0.5, 0.6) is 5.75 Å². The predicted octanol–water partition coefficient (Wildman–Crippen LogP) is 0.913. The maximum atomic E-state index is 13.0. The van der Waals surface area contributed by atoms with Gasteiger partial charge in [-0.3, -0.25) is 19.2 Å². The summed E-state index contributed by atoms with van der Waals surface area (Å²) >= 11 is 0. The van der Waals surface area contributed by atoms with Crippen LogP contribution in [0.1, 0.15) is 54.6 Å². The van der Waals surface area contributed by atoms with Gasteiger partial charge in [0, 0.05) is 12.1 Å². The van der Waals surface area contributed by atoms with Crippen LogP contribution in [0.4, 0.5) is 0 Å². The van der Waals surface area contributed by atoms with Gasteiger partial charge in [0.15, 0.2) is 0 Å². The summed E-state index contributed by atoms with van der Waals surface area (Å²) in [6.07, 6.45) is 0.415. The zero-order chi connectivity index (χ0) is 24.9. The first-order valence-electron chi connectivity index (χ1n) is 10.8. The van der Waals surface area contributed by atoms with E-state index in [0.29, 0.717) is 35.8 Å². The van der Waals surface area contributed by atoms with Crippen molar-refractivity contribution in [1.29, 1.82) is 0 Å². The first-order chi connectivity index (χ1) is 15.4. The van der Waals surface area contributed by atoms with Crippen molar-refractivity contribution in [3.63, 3.8) is 0 Å². The Morgan fingerprint density at radius 2 is 1.82 bits per heavy atom. The lowest BCUT2D eigenvalue weighted by Crippen LogP contribution is -2.53. The molecule has 180 valence electrons. The van der Waals surface area contributed by atoms with Gasteiger partial charge in [0.25, 0.3) is 5.91 Å². The predicted molar refractivity (Wildman–Crippen MR) is 119 cm³/mol. The normalized spacial score (nSPS) is 17.5. The Morgan fingerprint density at radius 1 is 1.21 bits per heavy atom. The molecule has 10 nitrogen and oxygen atoms in total. The number of carbonyl (C=O) groups is 5. The highest BCUT2D eigenvalue weighted by atomic mass is 16.4. The van der Waals surface area contributed by atoms with Gasteiger partial charge in [-0.2, -0.15) is 0 Å². The van der Waals surface area contributed by atoms with E-state index in [4.69, 9.17) is 5.11 Å². The monoisotopic (exact) mass is 461 g/mol. The molecule has 4 N–H and O–H groups in total. The molecular formula is C23H31N3O7. The molecule has 0 saturated carbocycles. The van der Waals surface area contributed by atoms with Crippen LogP contribution in [-0.4, -0.2) is 69.8 Å². The van der Waals surface area contributed by atoms with Gasteiger partial charge in [0.05, 0.1) is 12.5 Å². The van der Waals surface area contributed by atoms with Gasteiger partial charge in [0.2, 0.25) is 11.8 Å². The minimum Gasteiger partial charge on any atom is -0.507 e. The van der Waals surface area contributed by atoms with Crippen LogP contribution in [0.25, 0.3) is 0 Å². The lowest BCUT2D eigenvalue weighted by molar-refractivity contribution is -0.141. The molecule has 0 radical (unpaired) electrons. The van der Waals surface area contributed by atoms with Crippen LogP contribution in [-0.2, 0) is 19.2 Å². The molecule has 3 atom stereocenters. The summed E-state index contributed by atoms with van der Waals surface area (Å²) in [7, 11) is 0. The molecule has 3 amide bonds. The van der Waals surface area contributed by atoms with Crippen molar-refractivity contribution in [1.82, 2.24) is 15.5 Å². The molecule has 33 heavy (non-hydrogen) atoms. The Labute approximate surface area is 192 Å². The number of phenolic OH excluding ortho intramolecular Hbond substituents is 1. The van der Waals surface area contributed by atoms with E-state index >= 15 is 0 Å². The van der Waals surface area contributed by atoms with Gasteiger partial charge in [-0.1, -0.05) is 13.8 Å². The second-order valence-corrected chi connectivity index (χ2v) is 8.80. The van der Waals surface area contributed by atoms with Gasteiger partial charge in [0.1, 0.15) is 24.1 Å². The number of nitrogens with zero attached hydrogens (tertiary/aromatic N) is 1. The SMILES string of the molecule is Cc1cc(C(=O)N[C@@H]2CCN([C@@H](CC(C)C)C(=O)N[C@H](C=O)CC(=O)O)C2=O)cc(C)c1O. The number of aldehydes is 1. The number of carboxylic acid groups (broad SMARTS) is 1. The van der Waals surface area contributed by atoms with E-state index < -0.39 is 48.2 Å². The number of aliphatic carboxylic acids is 1. The highest BCUT2D eigenvalue weighted by Crippen LogP contribution is 2.24. The average Bonchev–Trinajstić information content (AvgIpc) is 3.08. The molecule has 0 bridgehead atoms. The molecule has 0 aliphatic carbocycles. The van der Waals surface area contributed by atoms with Crippen molar-refractivity contribution < 1.29 is 34.2 Å². The Hall–Kier alpha value is -3.43. The third kappa shape index (κ3) is 6.53. The smallest absolute Gasteiger partial charge is 0.305 e. The van der Waals surface area contributed by atoms with E-state index in [-0.39, 0.29) is 18.2 Å². The summed E-state index contributed by atoms with van der Waals surface area (Å²) in [6, 6.07) is 0.153. The number of nitrogens with one attached hydrogen (secondary N) is 2. The molecule has 1 saturated heterocycles. The number of aryl methyl sites for hydroxylation is 2. The molecule has 1 fully saturated rings. The van der Waals surface area contributed by atoms with Gasteiger partial charge < -0.3 is 30.5 Å². The van der Waals surface area contributed by atoms with Crippen LogP contribution in [0.3, 0.4) is 0 Å². The number of hydrogen-bond donors (Lipinski definition) is 4. The first-order valence-corrected chi connectivity index (χ1v) is 10.8. The number of hydrogen-bond acceptors (Lipinski definition) is 6. The zero-order valence-corrected chi connectivity index (χ0v) is 19.3. The summed E-state index contributed by atoms with van der Waals surface area (Å²) in [5.74, 6) is -2.57. The molecule has 2 rings (SSSR count). The quantitative estimate of drug-likeness (QED) is 0.378. The molecule has 1 aliphatic heterocycles. The minimum atomic E-state index is -1.23.